The van der Waals surface area contributed by atoms with Crippen molar-refractivity contribution >= 4 is 17.7 Å². The highest BCUT2D eigenvalue weighted by atomic mass is 16.5. The third-order valence-corrected chi connectivity index (χ3v) is 3.00. The van der Waals surface area contributed by atoms with Gasteiger partial charge in [-0.3, -0.25) is 9.48 Å². The molecule has 1 heterocycles. The zero-order valence-electron chi connectivity index (χ0n) is 13.3. The molecule has 0 fully saturated rings. The van der Waals surface area contributed by atoms with E-state index in [4.69, 9.17) is 9.47 Å². The molecule has 122 valence electrons. The molecule has 7 heteroatoms. The monoisotopic (exact) mass is 317 g/mol. The number of carbonyl (C=O) groups is 2. The summed E-state index contributed by atoms with van der Waals surface area (Å²) in [5.41, 5.74) is 1.26. The molecule has 2 aromatic rings. The number of anilines is 1. The fourth-order valence-electron chi connectivity index (χ4n) is 1.96. The maximum atomic E-state index is 11.9. The van der Waals surface area contributed by atoms with Gasteiger partial charge in [-0.2, -0.15) is 5.10 Å². The van der Waals surface area contributed by atoms with Crippen molar-refractivity contribution in [3.8, 4) is 5.75 Å². The Labute approximate surface area is 134 Å². The molecule has 0 saturated carbocycles. The van der Waals surface area contributed by atoms with Crippen LogP contribution < -0.4 is 10.1 Å². The molecular formula is C16H19N3O4. The number of carbonyl (C=O) groups excluding carboxylic acids is 2. The van der Waals surface area contributed by atoms with Gasteiger partial charge in [0.25, 0.3) is 5.91 Å². The topological polar surface area (TPSA) is 82.4 Å². The molecular weight excluding hydrogens is 298 g/mol. The van der Waals surface area contributed by atoms with Crippen LogP contribution in [0.15, 0.2) is 30.3 Å². The van der Waals surface area contributed by atoms with Crippen molar-refractivity contribution in [1.29, 1.82) is 0 Å². The Hall–Kier alpha value is -2.83. The molecule has 2 rings (SSSR count). The minimum absolute atomic E-state index is 0.136. The first-order valence-corrected chi connectivity index (χ1v) is 7.20. The first kappa shape index (κ1) is 16.5. The van der Waals surface area contributed by atoms with E-state index < -0.39 is 0 Å². The molecule has 1 aromatic carbocycles. The van der Waals surface area contributed by atoms with Crippen LogP contribution in [0.3, 0.4) is 0 Å². The lowest BCUT2D eigenvalue weighted by molar-refractivity contribution is -0.118. The minimum atomic E-state index is -0.386. The molecule has 0 unspecified atom stereocenters. The number of hydrogen-bond acceptors (Lipinski definition) is 5. The fraction of sp³-hybridized carbons (Fsp3) is 0.312. The molecule has 0 aliphatic carbocycles. The SMILES string of the molecule is CCOC(=O)c1ccc(OCC(=O)Nc2cc(C)nn2C)cc1. The van der Waals surface area contributed by atoms with E-state index in [-0.39, 0.29) is 18.5 Å². The number of amides is 1. The van der Waals surface area contributed by atoms with Crippen molar-refractivity contribution in [2.75, 3.05) is 18.5 Å². The zero-order chi connectivity index (χ0) is 16.8. The second-order valence-corrected chi connectivity index (χ2v) is 4.88. The lowest BCUT2D eigenvalue weighted by Crippen LogP contribution is -2.21. The molecule has 1 amide bonds. The molecule has 0 radical (unpaired) electrons. The summed E-state index contributed by atoms with van der Waals surface area (Å²) < 4.78 is 11.9. The van der Waals surface area contributed by atoms with Crippen LogP contribution in [0.5, 0.6) is 5.75 Å². The largest absolute Gasteiger partial charge is 0.484 e. The van der Waals surface area contributed by atoms with Gasteiger partial charge in [0.2, 0.25) is 0 Å². The minimum Gasteiger partial charge on any atom is -0.484 e. The van der Waals surface area contributed by atoms with Gasteiger partial charge in [-0.15, -0.1) is 0 Å². The van der Waals surface area contributed by atoms with Gasteiger partial charge in [0.05, 0.1) is 17.9 Å². The lowest BCUT2D eigenvalue weighted by Gasteiger charge is -2.08. The van der Waals surface area contributed by atoms with E-state index in [0.29, 0.717) is 23.7 Å². The highest BCUT2D eigenvalue weighted by molar-refractivity contribution is 5.91. The Bertz CT molecular complexity index is 692. The van der Waals surface area contributed by atoms with Crippen LogP contribution in [-0.4, -0.2) is 34.9 Å². The maximum absolute atomic E-state index is 11.9. The van der Waals surface area contributed by atoms with Gasteiger partial charge in [0.1, 0.15) is 11.6 Å². The van der Waals surface area contributed by atoms with Gasteiger partial charge in [-0.1, -0.05) is 0 Å². The first-order valence-electron chi connectivity index (χ1n) is 7.20. The number of ether oxygens (including phenoxy) is 2. The number of benzene rings is 1. The van der Waals surface area contributed by atoms with Gasteiger partial charge in [-0.05, 0) is 38.1 Å². The van der Waals surface area contributed by atoms with Gasteiger partial charge in [-0.25, -0.2) is 4.79 Å². The Kier molecular flexibility index (Phi) is 5.35. The first-order chi connectivity index (χ1) is 11.0. The third-order valence-electron chi connectivity index (χ3n) is 3.00. The van der Waals surface area contributed by atoms with E-state index in [1.165, 1.54) is 0 Å². The third kappa shape index (κ3) is 4.57. The smallest absolute Gasteiger partial charge is 0.338 e. The summed E-state index contributed by atoms with van der Waals surface area (Å²) >= 11 is 0. The molecule has 0 saturated heterocycles. The van der Waals surface area contributed by atoms with Crippen LogP contribution in [0.4, 0.5) is 5.82 Å². The molecule has 1 N–H and O–H groups in total. The molecule has 7 nitrogen and oxygen atoms in total. The zero-order valence-corrected chi connectivity index (χ0v) is 13.3. The number of nitrogens with zero attached hydrogens (tertiary/aromatic N) is 2. The summed E-state index contributed by atoms with van der Waals surface area (Å²) in [6.07, 6.45) is 0. The van der Waals surface area contributed by atoms with Crippen LogP contribution in [0.2, 0.25) is 0 Å². The Morgan fingerprint density at radius 2 is 1.96 bits per heavy atom. The lowest BCUT2D eigenvalue weighted by atomic mass is 10.2. The van der Waals surface area contributed by atoms with Crippen LogP contribution in [-0.2, 0) is 16.6 Å². The molecule has 1 aromatic heterocycles. The van der Waals surface area contributed by atoms with E-state index >= 15 is 0 Å². The Morgan fingerprint density at radius 3 is 2.52 bits per heavy atom. The van der Waals surface area contributed by atoms with E-state index in [9.17, 15) is 9.59 Å². The number of aromatic nitrogens is 2. The number of nitrogens with one attached hydrogen (secondary N) is 1. The van der Waals surface area contributed by atoms with Gasteiger partial charge in [0, 0.05) is 13.1 Å². The predicted molar refractivity (Wildman–Crippen MR) is 84.5 cm³/mol. The summed E-state index contributed by atoms with van der Waals surface area (Å²) in [5, 5.41) is 6.85. The van der Waals surface area contributed by atoms with Gasteiger partial charge in [0.15, 0.2) is 6.61 Å². The fourth-order valence-corrected chi connectivity index (χ4v) is 1.96. The summed E-state index contributed by atoms with van der Waals surface area (Å²) in [6.45, 7) is 3.78. The number of aryl methyl sites for hydroxylation is 2. The predicted octanol–water partition coefficient (Wildman–Crippen LogP) is 1.92. The summed E-state index contributed by atoms with van der Waals surface area (Å²) in [4.78, 5) is 23.4. The van der Waals surface area contributed by atoms with Crippen molar-refractivity contribution < 1.29 is 19.1 Å². The molecule has 0 bridgehead atoms. The van der Waals surface area contributed by atoms with Crippen LogP contribution >= 0.6 is 0 Å². The van der Waals surface area contributed by atoms with E-state index in [1.54, 1.807) is 49.0 Å². The quantitative estimate of drug-likeness (QED) is 0.823. The van der Waals surface area contributed by atoms with Crippen molar-refractivity contribution in [3.63, 3.8) is 0 Å². The Morgan fingerprint density at radius 1 is 1.26 bits per heavy atom. The maximum Gasteiger partial charge on any atom is 0.338 e. The molecule has 0 spiro atoms. The highest BCUT2D eigenvalue weighted by Crippen LogP contribution is 2.13. The van der Waals surface area contributed by atoms with Crippen LogP contribution in [0.25, 0.3) is 0 Å². The second kappa shape index (κ2) is 7.44. The van der Waals surface area contributed by atoms with Crippen molar-refractivity contribution in [1.82, 2.24) is 9.78 Å². The van der Waals surface area contributed by atoms with Gasteiger partial charge < -0.3 is 14.8 Å². The summed E-state index contributed by atoms with van der Waals surface area (Å²) in [6, 6.07) is 8.19. The standard InChI is InChI=1S/C16H19N3O4/c1-4-22-16(21)12-5-7-13(8-6-12)23-10-15(20)17-14-9-11(2)18-19(14)3/h5-9H,4,10H2,1-3H3,(H,17,20). The number of esters is 1. The molecule has 0 atom stereocenters. The van der Waals surface area contributed by atoms with Crippen LogP contribution in [0, 0.1) is 6.92 Å². The average Bonchev–Trinajstić information content (AvgIpc) is 2.83. The van der Waals surface area contributed by atoms with Crippen molar-refractivity contribution in [2.24, 2.45) is 7.05 Å². The van der Waals surface area contributed by atoms with Crippen molar-refractivity contribution in [2.45, 2.75) is 13.8 Å². The van der Waals surface area contributed by atoms with Gasteiger partial charge >= 0.3 is 5.97 Å². The highest BCUT2D eigenvalue weighted by Gasteiger charge is 2.09. The summed E-state index contributed by atoms with van der Waals surface area (Å²) in [7, 11) is 1.75. The van der Waals surface area contributed by atoms with Crippen molar-refractivity contribution in [3.05, 3.63) is 41.6 Å². The average molecular weight is 317 g/mol. The van der Waals surface area contributed by atoms with Crippen LogP contribution in [0.1, 0.15) is 23.0 Å². The second-order valence-electron chi connectivity index (χ2n) is 4.88. The molecule has 0 aliphatic rings. The van der Waals surface area contributed by atoms with E-state index in [1.807, 2.05) is 6.92 Å². The number of rotatable bonds is 6. The van der Waals surface area contributed by atoms with E-state index in [0.717, 1.165) is 5.69 Å². The Balaban J connectivity index is 1.87. The molecule has 23 heavy (non-hydrogen) atoms. The van der Waals surface area contributed by atoms with E-state index in [2.05, 4.69) is 10.4 Å². The number of hydrogen-bond donors (Lipinski definition) is 1. The molecule has 0 aliphatic heterocycles. The normalized spacial score (nSPS) is 10.2. The summed E-state index contributed by atoms with van der Waals surface area (Å²) in [5.74, 6) is 0.425.